The number of benzene rings is 1. The second kappa shape index (κ2) is 8.13. The molecule has 0 bridgehead atoms. The number of carbonyl (C=O) groups is 1. The molecule has 1 aromatic rings. The Morgan fingerprint density at radius 2 is 2.10 bits per heavy atom. The lowest BCUT2D eigenvalue weighted by atomic mass is 10.2. The van der Waals surface area contributed by atoms with E-state index in [1.807, 2.05) is 36.1 Å². The van der Waals surface area contributed by atoms with Crippen molar-refractivity contribution in [2.45, 2.75) is 30.0 Å². The fraction of sp³-hybridized carbons (Fsp3) is 0.500. The maximum atomic E-state index is 12.4. The number of carbonyl (C=O) groups excluding carboxylic acids is 1. The molecule has 2 atom stereocenters. The van der Waals surface area contributed by atoms with Gasteiger partial charge in [-0.05, 0) is 38.1 Å². The van der Waals surface area contributed by atoms with Crippen molar-refractivity contribution in [1.82, 2.24) is 10.2 Å². The molecule has 20 heavy (non-hydrogen) atoms. The van der Waals surface area contributed by atoms with Crippen molar-refractivity contribution >= 4 is 41.7 Å². The Morgan fingerprint density at radius 1 is 1.45 bits per heavy atom. The molecule has 0 spiro atoms. The molecule has 1 N–H and O–H groups in total. The van der Waals surface area contributed by atoms with Gasteiger partial charge in [0, 0.05) is 35.6 Å². The minimum Gasteiger partial charge on any atom is -0.336 e. The molecule has 0 aromatic heterocycles. The number of hydrogen-bond acceptors (Lipinski definition) is 3. The molecule has 1 heterocycles. The van der Waals surface area contributed by atoms with Crippen LogP contribution in [-0.2, 0) is 4.79 Å². The van der Waals surface area contributed by atoms with Crippen molar-refractivity contribution in [1.29, 1.82) is 0 Å². The number of piperazine rings is 1. The molecular formula is C14H20Cl2N2OS. The molecule has 1 aromatic carbocycles. The highest BCUT2D eigenvalue weighted by molar-refractivity contribution is 8.00. The zero-order chi connectivity index (χ0) is 13.8. The van der Waals surface area contributed by atoms with Crippen LogP contribution in [0.4, 0.5) is 0 Å². The van der Waals surface area contributed by atoms with Crippen LogP contribution in [0.1, 0.15) is 13.8 Å². The van der Waals surface area contributed by atoms with E-state index in [9.17, 15) is 4.79 Å². The van der Waals surface area contributed by atoms with Gasteiger partial charge in [-0.2, -0.15) is 0 Å². The molecule has 1 unspecified atom stereocenters. The largest absolute Gasteiger partial charge is 0.336 e. The Balaban J connectivity index is 0.00000200. The lowest BCUT2D eigenvalue weighted by Gasteiger charge is -2.35. The molecule has 1 fully saturated rings. The summed E-state index contributed by atoms with van der Waals surface area (Å²) in [5.74, 6) is 0.217. The van der Waals surface area contributed by atoms with Gasteiger partial charge in [0.05, 0.1) is 5.25 Å². The summed E-state index contributed by atoms with van der Waals surface area (Å²) in [5, 5.41) is 3.95. The van der Waals surface area contributed by atoms with Crippen molar-refractivity contribution in [3.05, 3.63) is 29.3 Å². The lowest BCUT2D eigenvalue weighted by Crippen LogP contribution is -2.54. The Labute approximate surface area is 135 Å². The number of hydrogen-bond donors (Lipinski definition) is 1. The second-order valence-corrected chi connectivity index (χ2v) is 6.65. The Bertz CT molecular complexity index is 441. The number of amides is 1. The molecule has 0 radical (unpaired) electrons. The van der Waals surface area contributed by atoms with Crippen LogP contribution < -0.4 is 5.32 Å². The van der Waals surface area contributed by atoms with E-state index in [4.69, 9.17) is 11.6 Å². The fourth-order valence-electron chi connectivity index (χ4n) is 2.17. The second-order valence-electron chi connectivity index (χ2n) is 4.80. The summed E-state index contributed by atoms with van der Waals surface area (Å²) in [4.78, 5) is 15.5. The molecule has 0 saturated carbocycles. The smallest absolute Gasteiger partial charge is 0.236 e. The van der Waals surface area contributed by atoms with E-state index in [0.29, 0.717) is 0 Å². The van der Waals surface area contributed by atoms with Crippen LogP contribution >= 0.6 is 35.8 Å². The van der Waals surface area contributed by atoms with Crippen molar-refractivity contribution in [2.24, 2.45) is 0 Å². The first kappa shape index (κ1) is 17.6. The van der Waals surface area contributed by atoms with Crippen LogP contribution in [-0.4, -0.2) is 41.7 Å². The molecule has 6 heteroatoms. The van der Waals surface area contributed by atoms with Gasteiger partial charge in [0.25, 0.3) is 0 Å². The van der Waals surface area contributed by atoms with Gasteiger partial charge in [-0.1, -0.05) is 11.6 Å². The van der Waals surface area contributed by atoms with E-state index in [2.05, 4.69) is 12.2 Å². The molecule has 1 saturated heterocycles. The zero-order valence-corrected chi connectivity index (χ0v) is 14.0. The third-order valence-electron chi connectivity index (χ3n) is 3.26. The van der Waals surface area contributed by atoms with Crippen LogP contribution in [0.25, 0.3) is 0 Å². The minimum absolute atomic E-state index is 0. The average Bonchev–Trinajstić information content (AvgIpc) is 2.41. The Kier molecular flexibility index (Phi) is 7.17. The zero-order valence-electron chi connectivity index (χ0n) is 11.6. The molecule has 1 amide bonds. The van der Waals surface area contributed by atoms with Gasteiger partial charge in [0.1, 0.15) is 0 Å². The first-order valence-corrected chi connectivity index (χ1v) is 7.77. The maximum absolute atomic E-state index is 12.4. The Hall–Kier alpha value is -0.420. The highest BCUT2D eigenvalue weighted by Crippen LogP contribution is 2.26. The van der Waals surface area contributed by atoms with Crippen molar-refractivity contribution < 1.29 is 4.79 Å². The molecule has 3 nitrogen and oxygen atoms in total. The highest BCUT2D eigenvalue weighted by atomic mass is 35.5. The number of nitrogens with one attached hydrogen (secondary N) is 1. The van der Waals surface area contributed by atoms with E-state index < -0.39 is 0 Å². The summed E-state index contributed by atoms with van der Waals surface area (Å²) >= 11 is 7.45. The third kappa shape index (κ3) is 4.55. The summed E-state index contributed by atoms with van der Waals surface area (Å²) < 4.78 is 0. The SMILES string of the molecule is CC(Sc1ccc(Cl)cc1)C(=O)N1CCNC[C@H]1C.Cl. The van der Waals surface area contributed by atoms with Crippen LogP contribution in [0.5, 0.6) is 0 Å². The first-order valence-electron chi connectivity index (χ1n) is 6.51. The standard InChI is InChI=1S/C14H19ClN2OS.ClH/c1-10-9-16-7-8-17(10)14(18)11(2)19-13-5-3-12(15)4-6-13;/h3-6,10-11,16H,7-9H2,1-2H3;1H/t10-,11?;/m1./s1. The van der Waals surface area contributed by atoms with Gasteiger partial charge in [0.15, 0.2) is 0 Å². The van der Waals surface area contributed by atoms with Crippen LogP contribution in [0.2, 0.25) is 5.02 Å². The van der Waals surface area contributed by atoms with E-state index >= 15 is 0 Å². The highest BCUT2D eigenvalue weighted by Gasteiger charge is 2.27. The van der Waals surface area contributed by atoms with Gasteiger partial charge < -0.3 is 10.2 Å². The van der Waals surface area contributed by atoms with Gasteiger partial charge in [-0.15, -0.1) is 24.2 Å². The van der Waals surface area contributed by atoms with Gasteiger partial charge in [-0.3, -0.25) is 4.79 Å². The predicted octanol–water partition coefficient (Wildman–Crippen LogP) is 3.06. The van der Waals surface area contributed by atoms with Gasteiger partial charge in [0.2, 0.25) is 5.91 Å². The lowest BCUT2D eigenvalue weighted by molar-refractivity contribution is -0.133. The third-order valence-corrected chi connectivity index (χ3v) is 4.61. The van der Waals surface area contributed by atoms with E-state index in [-0.39, 0.29) is 29.6 Å². The Morgan fingerprint density at radius 3 is 2.70 bits per heavy atom. The molecule has 1 aliphatic heterocycles. The number of halogens is 2. The summed E-state index contributed by atoms with van der Waals surface area (Å²) in [7, 11) is 0. The van der Waals surface area contributed by atoms with Crippen molar-refractivity contribution in [3.63, 3.8) is 0 Å². The van der Waals surface area contributed by atoms with Crippen LogP contribution in [0, 0.1) is 0 Å². The number of thioether (sulfide) groups is 1. The van der Waals surface area contributed by atoms with Gasteiger partial charge in [-0.25, -0.2) is 0 Å². The summed E-state index contributed by atoms with van der Waals surface area (Å²) in [6.45, 7) is 6.62. The molecule has 0 aliphatic carbocycles. The molecule has 2 rings (SSSR count). The first-order chi connectivity index (χ1) is 9.08. The quantitative estimate of drug-likeness (QED) is 0.862. The van der Waals surface area contributed by atoms with Gasteiger partial charge >= 0.3 is 0 Å². The number of nitrogens with zero attached hydrogens (tertiary/aromatic N) is 1. The van der Waals surface area contributed by atoms with Crippen molar-refractivity contribution in [3.8, 4) is 0 Å². The molecular weight excluding hydrogens is 315 g/mol. The van der Waals surface area contributed by atoms with E-state index in [0.717, 1.165) is 29.6 Å². The normalized spacial score (nSPS) is 20.1. The topological polar surface area (TPSA) is 32.3 Å². The summed E-state index contributed by atoms with van der Waals surface area (Å²) in [6.07, 6.45) is 0. The summed E-state index contributed by atoms with van der Waals surface area (Å²) in [5.41, 5.74) is 0. The van der Waals surface area contributed by atoms with E-state index in [1.54, 1.807) is 11.8 Å². The van der Waals surface area contributed by atoms with E-state index in [1.165, 1.54) is 0 Å². The van der Waals surface area contributed by atoms with Crippen LogP contribution in [0.15, 0.2) is 29.2 Å². The fourth-order valence-corrected chi connectivity index (χ4v) is 3.23. The van der Waals surface area contributed by atoms with Crippen molar-refractivity contribution in [2.75, 3.05) is 19.6 Å². The minimum atomic E-state index is -0.0678. The average molecular weight is 335 g/mol. The summed E-state index contributed by atoms with van der Waals surface area (Å²) in [6, 6.07) is 7.90. The van der Waals surface area contributed by atoms with Crippen LogP contribution in [0.3, 0.4) is 0 Å². The predicted molar refractivity (Wildman–Crippen MR) is 88.1 cm³/mol. The molecule has 112 valence electrons. The number of rotatable bonds is 3. The molecule has 1 aliphatic rings. The maximum Gasteiger partial charge on any atom is 0.236 e. The monoisotopic (exact) mass is 334 g/mol.